The second-order valence-electron chi connectivity index (χ2n) is 4.74. The van der Waals surface area contributed by atoms with Crippen LogP contribution in [0.2, 0.25) is 0 Å². The number of amides is 1. The highest BCUT2D eigenvalue weighted by Gasteiger charge is 2.10. The third-order valence-electron chi connectivity index (χ3n) is 3.10. The standard InChI is InChI=1S/C14H14N6O2S2/c1-2-23-14-18-17-13(24-14)15-11(21)7-8-20-12(22)9-5-3-4-6-10(9)16-19-20/h3-6H,2,7-8H2,1H3,(H,15,17,21). The molecule has 124 valence electrons. The summed E-state index contributed by atoms with van der Waals surface area (Å²) in [5.41, 5.74) is 0.281. The Hall–Kier alpha value is -2.33. The third kappa shape index (κ3) is 3.77. The fourth-order valence-electron chi connectivity index (χ4n) is 2.00. The van der Waals surface area contributed by atoms with Gasteiger partial charge in [-0.2, -0.15) is 0 Å². The van der Waals surface area contributed by atoms with Crippen LogP contribution in [0.1, 0.15) is 13.3 Å². The summed E-state index contributed by atoms with van der Waals surface area (Å²) >= 11 is 2.89. The van der Waals surface area contributed by atoms with Crippen LogP contribution < -0.4 is 10.9 Å². The molecule has 2 heterocycles. The Morgan fingerprint density at radius 2 is 2.12 bits per heavy atom. The number of rotatable bonds is 6. The molecule has 0 radical (unpaired) electrons. The topological polar surface area (TPSA) is 103 Å². The average Bonchev–Trinajstić information content (AvgIpc) is 3.02. The lowest BCUT2D eigenvalue weighted by Crippen LogP contribution is -2.26. The molecule has 3 rings (SSSR count). The van der Waals surface area contributed by atoms with Crippen molar-refractivity contribution >= 4 is 45.0 Å². The number of benzene rings is 1. The number of nitrogens with one attached hydrogen (secondary N) is 1. The van der Waals surface area contributed by atoms with Gasteiger partial charge in [0, 0.05) is 6.42 Å². The number of fused-ring (bicyclic) bond motifs is 1. The quantitative estimate of drug-likeness (QED) is 0.527. The fraction of sp³-hybridized carbons (Fsp3) is 0.286. The molecule has 1 aromatic carbocycles. The van der Waals surface area contributed by atoms with E-state index in [4.69, 9.17) is 0 Å². The maximum Gasteiger partial charge on any atom is 0.277 e. The van der Waals surface area contributed by atoms with Crippen LogP contribution in [0.4, 0.5) is 5.13 Å². The molecule has 1 amide bonds. The van der Waals surface area contributed by atoms with Gasteiger partial charge >= 0.3 is 0 Å². The molecule has 10 heteroatoms. The Labute approximate surface area is 145 Å². The summed E-state index contributed by atoms with van der Waals surface area (Å²) in [6, 6.07) is 6.98. The number of hydrogen-bond donors (Lipinski definition) is 1. The third-order valence-corrected chi connectivity index (χ3v) is 4.95. The number of thioether (sulfide) groups is 1. The molecule has 24 heavy (non-hydrogen) atoms. The summed E-state index contributed by atoms with van der Waals surface area (Å²) in [4.78, 5) is 24.3. The van der Waals surface area contributed by atoms with Crippen molar-refractivity contribution in [1.29, 1.82) is 0 Å². The van der Waals surface area contributed by atoms with Crippen LogP contribution in [0.5, 0.6) is 0 Å². The smallest absolute Gasteiger partial charge is 0.277 e. The van der Waals surface area contributed by atoms with Crippen molar-refractivity contribution < 1.29 is 4.79 Å². The van der Waals surface area contributed by atoms with E-state index in [2.05, 4.69) is 25.8 Å². The summed E-state index contributed by atoms with van der Waals surface area (Å²) < 4.78 is 2.00. The molecule has 0 fully saturated rings. The molecule has 0 atom stereocenters. The van der Waals surface area contributed by atoms with Gasteiger partial charge in [-0.05, 0) is 17.9 Å². The zero-order valence-electron chi connectivity index (χ0n) is 12.8. The van der Waals surface area contributed by atoms with Crippen LogP contribution >= 0.6 is 23.1 Å². The van der Waals surface area contributed by atoms with Gasteiger partial charge in [0.15, 0.2) is 4.34 Å². The molecule has 0 saturated carbocycles. The summed E-state index contributed by atoms with van der Waals surface area (Å²) in [5, 5.41) is 19.3. The van der Waals surface area contributed by atoms with Crippen molar-refractivity contribution in [3.8, 4) is 0 Å². The summed E-state index contributed by atoms with van der Waals surface area (Å²) in [6.07, 6.45) is 0.1000. The van der Waals surface area contributed by atoms with E-state index in [1.54, 1.807) is 36.0 Å². The molecule has 0 aliphatic rings. The van der Waals surface area contributed by atoms with E-state index in [9.17, 15) is 9.59 Å². The van der Waals surface area contributed by atoms with Gasteiger partial charge in [-0.3, -0.25) is 9.59 Å². The first-order valence-corrected chi connectivity index (χ1v) is 9.06. The van der Waals surface area contributed by atoms with Crippen molar-refractivity contribution in [2.75, 3.05) is 11.1 Å². The Morgan fingerprint density at radius 1 is 1.29 bits per heavy atom. The van der Waals surface area contributed by atoms with E-state index in [0.717, 1.165) is 10.1 Å². The normalized spacial score (nSPS) is 10.9. The highest BCUT2D eigenvalue weighted by atomic mass is 32.2. The van der Waals surface area contributed by atoms with E-state index in [0.29, 0.717) is 16.0 Å². The molecule has 2 aromatic heterocycles. The highest BCUT2D eigenvalue weighted by Crippen LogP contribution is 2.24. The van der Waals surface area contributed by atoms with E-state index in [-0.39, 0.29) is 24.4 Å². The zero-order valence-corrected chi connectivity index (χ0v) is 14.4. The Balaban J connectivity index is 1.63. The van der Waals surface area contributed by atoms with Crippen molar-refractivity contribution in [3.63, 3.8) is 0 Å². The molecule has 0 spiro atoms. The number of carbonyl (C=O) groups excluding carboxylic acids is 1. The van der Waals surface area contributed by atoms with Crippen molar-refractivity contribution in [3.05, 3.63) is 34.6 Å². The fourth-order valence-corrected chi connectivity index (χ4v) is 3.67. The highest BCUT2D eigenvalue weighted by molar-refractivity contribution is 8.01. The predicted octanol–water partition coefficient (Wildman–Crippen LogP) is 1.78. The van der Waals surface area contributed by atoms with Gasteiger partial charge in [0.2, 0.25) is 11.0 Å². The summed E-state index contributed by atoms with van der Waals surface area (Å²) in [5.74, 6) is 0.646. The van der Waals surface area contributed by atoms with Gasteiger partial charge in [-0.25, -0.2) is 4.68 Å². The second kappa shape index (κ2) is 7.49. The van der Waals surface area contributed by atoms with Gasteiger partial charge < -0.3 is 5.32 Å². The maximum atomic E-state index is 12.3. The van der Waals surface area contributed by atoms with Gasteiger partial charge in [-0.15, -0.1) is 15.3 Å². The first-order chi connectivity index (χ1) is 11.7. The van der Waals surface area contributed by atoms with Crippen LogP contribution in [0.3, 0.4) is 0 Å². The first kappa shape index (κ1) is 16.5. The monoisotopic (exact) mass is 362 g/mol. The van der Waals surface area contributed by atoms with E-state index >= 15 is 0 Å². The molecule has 0 bridgehead atoms. The lowest BCUT2D eigenvalue weighted by molar-refractivity contribution is -0.116. The van der Waals surface area contributed by atoms with Crippen LogP contribution in [0.15, 0.2) is 33.4 Å². The Kier molecular flexibility index (Phi) is 5.16. The van der Waals surface area contributed by atoms with E-state index in [1.807, 2.05) is 6.92 Å². The van der Waals surface area contributed by atoms with Crippen LogP contribution in [0, 0.1) is 0 Å². The number of aryl methyl sites for hydroxylation is 1. The van der Waals surface area contributed by atoms with Crippen molar-refractivity contribution in [1.82, 2.24) is 25.2 Å². The van der Waals surface area contributed by atoms with Gasteiger partial charge in [0.05, 0.1) is 11.9 Å². The largest absolute Gasteiger partial charge is 0.300 e. The molecule has 0 saturated heterocycles. The molecular weight excluding hydrogens is 348 g/mol. The SMILES string of the molecule is CCSc1nnc(NC(=O)CCn2nnc3ccccc3c2=O)s1. The molecule has 1 N–H and O–H groups in total. The molecule has 8 nitrogen and oxygen atoms in total. The molecule has 0 aliphatic carbocycles. The van der Waals surface area contributed by atoms with Gasteiger partial charge in [0.25, 0.3) is 5.56 Å². The zero-order chi connectivity index (χ0) is 16.9. The molecular formula is C14H14N6O2S2. The summed E-state index contributed by atoms with van der Waals surface area (Å²) in [6.45, 7) is 2.17. The second-order valence-corrected chi connectivity index (χ2v) is 7.23. The van der Waals surface area contributed by atoms with Crippen molar-refractivity contribution in [2.45, 2.75) is 24.2 Å². The lowest BCUT2D eigenvalue weighted by atomic mass is 10.2. The number of aromatic nitrogens is 5. The van der Waals surface area contributed by atoms with Gasteiger partial charge in [0.1, 0.15) is 5.52 Å². The van der Waals surface area contributed by atoms with E-state index < -0.39 is 0 Å². The van der Waals surface area contributed by atoms with Crippen molar-refractivity contribution in [2.24, 2.45) is 0 Å². The predicted molar refractivity (Wildman–Crippen MR) is 93.4 cm³/mol. The van der Waals surface area contributed by atoms with Crippen LogP contribution in [0.25, 0.3) is 10.9 Å². The number of hydrogen-bond acceptors (Lipinski definition) is 8. The molecule has 3 aromatic rings. The number of nitrogens with zero attached hydrogens (tertiary/aromatic N) is 5. The first-order valence-electron chi connectivity index (χ1n) is 7.26. The minimum absolute atomic E-state index is 0.1000. The van der Waals surface area contributed by atoms with Crippen LogP contribution in [-0.4, -0.2) is 36.9 Å². The lowest BCUT2D eigenvalue weighted by Gasteiger charge is -2.04. The van der Waals surface area contributed by atoms with E-state index in [1.165, 1.54) is 16.0 Å². The molecule has 0 aliphatic heterocycles. The summed E-state index contributed by atoms with van der Waals surface area (Å²) in [7, 11) is 0. The Bertz CT molecular complexity index is 923. The molecule has 0 unspecified atom stereocenters. The average molecular weight is 362 g/mol. The van der Waals surface area contributed by atoms with Gasteiger partial charge in [-0.1, -0.05) is 47.4 Å². The minimum atomic E-state index is -0.258. The van der Waals surface area contributed by atoms with Crippen LogP contribution in [-0.2, 0) is 11.3 Å². The number of anilines is 1. The number of carbonyl (C=O) groups is 1. The Morgan fingerprint density at radius 3 is 2.96 bits per heavy atom. The maximum absolute atomic E-state index is 12.3. The minimum Gasteiger partial charge on any atom is -0.300 e.